The zero-order valence-electron chi connectivity index (χ0n) is 16.6. The fraction of sp³-hybridized carbons (Fsp3) is 0.125. The van der Waals surface area contributed by atoms with Gasteiger partial charge >= 0.3 is 5.97 Å². The van der Waals surface area contributed by atoms with Gasteiger partial charge < -0.3 is 15.4 Å². The lowest BCUT2D eigenvalue weighted by molar-refractivity contribution is -0.124. The molecule has 0 fully saturated rings. The Morgan fingerprint density at radius 2 is 1.52 bits per heavy atom. The van der Waals surface area contributed by atoms with Crippen molar-refractivity contribution in [3.8, 4) is 0 Å². The molecule has 7 heteroatoms. The van der Waals surface area contributed by atoms with Gasteiger partial charge in [-0.1, -0.05) is 66.2 Å². The highest BCUT2D eigenvalue weighted by Crippen LogP contribution is 2.17. The Morgan fingerprint density at radius 3 is 2.29 bits per heavy atom. The molecule has 3 aromatic rings. The van der Waals surface area contributed by atoms with Crippen molar-refractivity contribution in [3.63, 3.8) is 0 Å². The number of nitrogens with one attached hydrogen (secondary N) is 2. The largest absolute Gasteiger partial charge is 0.452 e. The Kier molecular flexibility index (Phi) is 7.79. The number of carbonyl (C=O) groups excluding carboxylic acids is 3. The lowest BCUT2D eigenvalue weighted by atomic mass is 10.1. The number of amides is 2. The summed E-state index contributed by atoms with van der Waals surface area (Å²) in [6.07, 6.45) is 0.177. The highest BCUT2D eigenvalue weighted by atomic mass is 35.5. The van der Waals surface area contributed by atoms with Gasteiger partial charge in [0.25, 0.3) is 5.91 Å². The molecule has 6 nitrogen and oxygen atoms in total. The number of rotatable bonds is 8. The van der Waals surface area contributed by atoms with Gasteiger partial charge in [-0.2, -0.15) is 0 Å². The molecule has 0 aliphatic rings. The van der Waals surface area contributed by atoms with E-state index < -0.39 is 18.5 Å². The highest BCUT2D eigenvalue weighted by Gasteiger charge is 2.16. The van der Waals surface area contributed by atoms with E-state index in [0.29, 0.717) is 10.7 Å². The van der Waals surface area contributed by atoms with Crippen molar-refractivity contribution in [3.05, 3.63) is 101 Å². The number of ether oxygens (including phenoxy) is 1. The zero-order valence-corrected chi connectivity index (χ0v) is 17.4. The first-order chi connectivity index (χ1) is 15.0. The van der Waals surface area contributed by atoms with Crippen LogP contribution >= 0.6 is 11.6 Å². The van der Waals surface area contributed by atoms with Crippen LogP contribution in [0.5, 0.6) is 0 Å². The van der Waals surface area contributed by atoms with E-state index in [1.54, 1.807) is 36.4 Å². The maximum atomic E-state index is 12.5. The first kappa shape index (κ1) is 22.1. The minimum absolute atomic E-state index is 0.173. The van der Waals surface area contributed by atoms with Crippen LogP contribution in [0, 0.1) is 0 Å². The summed E-state index contributed by atoms with van der Waals surface area (Å²) in [5.74, 6) is -1.40. The molecule has 31 heavy (non-hydrogen) atoms. The van der Waals surface area contributed by atoms with E-state index in [9.17, 15) is 14.4 Å². The van der Waals surface area contributed by atoms with Gasteiger partial charge in [0.15, 0.2) is 6.61 Å². The monoisotopic (exact) mass is 436 g/mol. The number of halogens is 1. The van der Waals surface area contributed by atoms with Gasteiger partial charge in [0.05, 0.1) is 17.7 Å². The summed E-state index contributed by atoms with van der Waals surface area (Å²) in [5, 5.41) is 5.96. The normalized spacial score (nSPS) is 10.2. The Morgan fingerprint density at radius 1 is 0.806 bits per heavy atom. The minimum Gasteiger partial charge on any atom is -0.452 e. The Bertz CT molecular complexity index is 1070. The third-order valence-electron chi connectivity index (χ3n) is 4.34. The fourth-order valence-corrected chi connectivity index (χ4v) is 3.07. The predicted octanol–water partition coefficient (Wildman–Crippen LogP) is 3.99. The van der Waals surface area contributed by atoms with Crippen molar-refractivity contribution >= 4 is 35.1 Å². The number of esters is 1. The molecule has 0 saturated heterocycles. The van der Waals surface area contributed by atoms with Crippen LogP contribution in [0.4, 0.5) is 5.69 Å². The number of benzene rings is 3. The van der Waals surface area contributed by atoms with Crippen LogP contribution in [-0.4, -0.2) is 24.4 Å². The number of carbonyl (C=O) groups is 3. The molecule has 2 N–H and O–H groups in total. The number of hydrogen-bond acceptors (Lipinski definition) is 4. The summed E-state index contributed by atoms with van der Waals surface area (Å²) < 4.78 is 5.11. The third kappa shape index (κ3) is 6.97. The second-order valence-corrected chi connectivity index (χ2v) is 7.18. The van der Waals surface area contributed by atoms with Gasteiger partial charge in [0.1, 0.15) is 0 Å². The maximum absolute atomic E-state index is 12.5. The Hall–Kier alpha value is -3.64. The van der Waals surface area contributed by atoms with E-state index in [0.717, 1.165) is 11.1 Å². The molecule has 158 valence electrons. The molecule has 0 bridgehead atoms. The molecule has 0 spiro atoms. The van der Waals surface area contributed by atoms with Crippen LogP contribution in [0.25, 0.3) is 0 Å². The van der Waals surface area contributed by atoms with E-state index in [1.807, 2.05) is 36.4 Å². The van der Waals surface area contributed by atoms with E-state index in [2.05, 4.69) is 10.6 Å². The average Bonchev–Trinajstić information content (AvgIpc) is 2.77. The van der Waals surface area contributed by atoms with Crippen LogP contribution in [0.1, 0.15) is 21.5 Å². The van der Waals surface area contributed by atoms with E-state index in [1.165, 1.54) is 6.07 Å². The van der Waals surface area contributed by atoms with E-state index in [4.69, 9.17) is 16.3 Å². The first-order valence-electron chi connectivity index (χ1n) is 9.62. The molecular weight excluding hydrogens is 416 g/mol. The van der Waals surface area contributed by atoms with Gasteiger partial charge in [0.2, 0.25) is 5.91 Å². The zero-order chi connectivity index (χ0) is 22.1. The van der Waals surface area contributed by atoms with Gasteiger partial charge in [-0.05, 0) is 35.4 Å². The molecule has 3 rings (SSSR count). The van der Waals surface area contributed by atoms with Crippen molar-refractivity contribution in [2.45, 2.75) is 13.0 Å². The van der Waals surface area contributed by atoms with Crippen molar-refractivity contribution in [1.29, 1.82) is 0 Å². The van der Waals surface area contributed by atoms with Gasteiger partial charge in [-0.25, -0.2) is 4.79 Å². The number of hydrogen-bond donors (Lipinski definition) is 2. The van der Waals surface area contributed by atoms with Crippen molar-refractivity contribution in [2.75, 3.05) is 11.9 Å². The highest BCUT2D eigenvalue weighted by molar-refractivity contribution is 6.30. The standard InChI is InChI=1S/C24H21ClN2O4/c25-19-10-6-9-18(13-19)15-26-23(29)16-31-24(30)20-11-4-5-12-21(20)27-22(28)14-17-7-2-1-3-8-17/h1-13H,14-16H2,(H,26,29)(H,27,28). The molecule has 0 aromatic heterocycles. The molecule has 0 radical (unpaired) electrons. The molecule has 3 aromatic carbocycles. The molecule has 0 aliphatic carbocycles. The van der Waals surface area contributed by atoms with Crippen LogP contribution < -0.4 is 10.6 Å². The third-order valence-corrected chi connectivity index (χ3v) is 4.58. The molecule has 0 heterocycles. The molecule has 2 amide bonds. The maximum Gasteiger partial charge on any atom is 0.340 e. The summed E-state index contributed by atoms with van der Waals surface area (Å²) in [6.45, 7) is -0.172. The summed E-state index contributed by atoms with van der Waals surface area (Å²) >= 11 is 5.91. The Balaban J connectivity index is 1.53. The van der Waals surface area contributed by atoms with E-state index in [-0.39, 0.29) is 24.4 Å². The summed E-state index contributed by atoms with van der Waals surface area (Å²) in [4.78, 5) is 36.8. The quantitative estimate of drug-likeness (QED) is 0.523. The smallest absolute Gasteiger partial charge is 0.340 e. The van der Waals surface area contributed by atoms with Crippen LogP contribution in [0.3, 0.4) is 0 Å². The summed E-state index contributed by atoms with van der Waals surface area (Å²) in [6, 6.07) is 22.9. The lowest BCUT2D eigenvalue weighted by Crippen LogP contribution is -2.28. The Labute approximate surface area is 185 Å². The summed E-state index contributed by atoms with van der Waals surface area (Å²) in [7, 11) is 0. The molecular formula is C24H21ClN2O4. The van der Waals surface area contributed by atoms with Crippen molar-refractivity contribution in [1.82, 2.24) is 5.32 Å². The van der Waals surface area contributed by atoms with E-state index >= 15 is 0 Å². The fourth-order valence-electron chi connectivity index (χ4n) is 2.85. The van der Waals surface area contributed by atoms with Gasteiger partial charge in [0, 0.05) is 11.6 Å². The van der Waals surface area contributed by atoms with Crippen LogP contribution in [-0.2, 0) is 27.3 Å². The van der Waals surface area contributed by atoms with Crippen LogP contribution in [0.2, 0.25) is 5.02 Å². The topological polar surface area (TPSA) is 84.5 Å². The summed E-state index contributed by atoms with van der Waals surface area (Å²) in [5.41, 5.74) is 2.19. The SMILES string of the molecule is O=C(COC(=O)c1ccccc1NC(=O)Cc1ccccc1)NCc1cccc(Cl)c1. The molecule has 0 aliphatic heterocycles. The second-order valence-electron chi connectivity index (χ2n) is 6.74. The average molecular weight is 437 g/mol. The molecule has 0 atom stereocenters. The number of anilines is 1. The predicted molar refractivity (Wildman–Crippen MR) is 119 cm³/mol. The van der Waals surface area contributed by atoms with Crippen molar-refractivity contribution < 1.29 is 19.1 Å². The molecule has 0 unspecified atom stereocenters. The van der Waals surface area contributed by atoms with Crippen molar-refractivity contribution in [2.24, 2.45) is 0 Å². The second kappa shape index (κ2) is 10.9. The molecule has 0 saturated carbocycles. The lowest BCUT2D eigenvalue weighted by Gasteiger charge is -2.11. The van der Waals surface area contributed by atoms with Gasteiger partial charge in [-0.3, -0.25) is 9.59 Å². The van der Waals surface area contributed by atoms with Crippen LogP contribution in [0.15, 0.2) is 78.9 Å². The van der Waals surface area contributed by atoms with Gasteiger partial charge in [-0.15, -0.1) is 0 Å². The first-order valence-corrected chi connectivity index (χ1v) is 10.00. The number of para-hydroxylation sites is 1. The minimum atomic E-state index is -0.700.